The first kappa shape index (κ1) is 12.9. The van der Waals surface area contributed by atoms with Crippen LogP contribution in [0.1, 0.15) is 19.4 Å². The van der Waals surface area contributed by atoms with Crippen LogP contribution < -0.4 is 4.90 Å². The first-order chi connectivity index (χ1) is 9.15. The van der Waals surface area contributed by atoms with E-state index in [1.165, 1.54) is 5.56 Å². The van der Waals surface area contributed by atoms with Crippen molar-refractivity contribution >= 4 is 5.82 Å². The molecule has 3 heterocycles. The van der Waals surface area contributed by atoms with Crippen molar-refractivity contribution in [3.05, 3.63) is 23.9 Å². The van der Waals surface area contributed by atoms with Crippen LogP contribution in [-0.4, -0.2) is 54.3 Å². The molecule has 4 heteroatoms. The number of nitrogens with zero attached hydrogens (tertiary/aromatic N) is 3. The Morgan fingerprint density at radius 3 is 2.53 bits per heavy atom. The second-order valence-corrected chi connectivity index (χ2v) is 5.93. The van der Waals surface area contributed by atoms with E-state index in [0.717, 1.165) is 32.1 Å². The molecule has 0 bridgehead atoms. The molecule has 0 amide bonds. The van der Waals surface area contributed by atoms with Gasteiger partial charge in [0.25, 0.3) is 0 Å². The maximum absolute atomic E-state index is 5.33. The van der Waals surface area contributed by atoms with Gasteiger partial charge in [0, 0.05) is 31.4 Å². The van der Waals surface area contributed by atoms with Crippen molar-refractivity contribution in [3.8, 4) is 0 Å². The molecule has 0 N–H and O–H groups in total. The van der Waals surface area contributed by atoms with Crippen molar-refractivity contribution in [3.63, 3.8) is 0 Å². The zero-order valence-electron chi connectivity index (χ0n) is 12.0. The first-order valence-corrected chi connectivity index (χ1v) is 7.18. The van der Waals surface area contributed by atoms with Crippen molar-refractivity contribution in [1.29, 1.82) is 0 Å². The van der Waals surface area contributed by atoms with Gasteiger partial charge >= 0.3 is 0 Å². The molecule has 19 heavy (non-hydrogen) atoms. The topological polar surface area (TPSA) is 28.6 Å². The molecule has 1 aromatic heterocycles. The van der Waals surface area contributed by atoms with Gasteiger partial charge in [-0.05, 0) is 32.4 Å². The summed E-state index contributed by atoms with van der Waals surface area (Å²) in [4.78, 5) is 9.60. The van der Waals surface area contributed by atoms with Gasteiger partial charge in [-0.3, -0.25) is 4.90 Å². The van der Waals surface area contributed by atoms with Crippen molar-refractivity contribution < 1.29 is 4.74 Å². The maximum atomic E-state index is 5.33. The summed E-state index contributed by atoms with van der Waals surface area (Å²) in [5, 5.41) is 0. The van der Waals surface area contributed by atoms with Crippen LogP contribution in [0, 0.1) is 6.92 Å². The lowest BCUT2D eigenvalue weighted by Gasteiger charge is -2.49. The van der Waals surface area contributed by atoms with Gasteiger partial charge in [0.05, 0.1) is 19.3 Å². The normalized spacial score (nSPS) is 29.3. The van der Waals surface area contributed by atoms with Crippen LogP contribution in [0.3, 0.4) is 0 Å². The number of aryl methyl sites for hydroxylation is 1. The van der Waals surface area contributed by atoms with Crippen molar-refractivity contribution in [2.75, 3.05) is 31.2 Å². The average molecular weight is 261 g/mol. The fourth-order valence-corrected chi connectivity index (χ4v) is 3.03. The van der Waals surface area contributed by atoms with Crippen LogP contribution in [0.5, 0.6) is 0 Å². The molecule has 3 rings (SSSR count). The highest BCUT2D eigenvalue weighted by Gasteiger charge is 2.36. The minimum atomic E-state index is 0.506. The SMILES string of the molecule is Cc1ccc(N2C[C@@H](C)N(C3COC3)C[C@H]2C)nc1. The standard InChI is InChI=1S/C15H23N3O/c1-11-4-5-15(16-6-11)18-8-12(2)17(7-13(18)3)14-9-19-10-14/h4-6,12-14H,7-10H2,1-3H3/t12-,13-/m1/s1. The predicted octanol–water partition coefficient (Wildman–Crippen LogP) is 1.69. The number of pyridine rings is 1. The summed E-state index contributed by atoms with van der Waals surface area (Å²) in [6.07, 6.45) is 1.96. The highest BCUT2D eigenvalue weighted by atomic mass is 16.5. The van der Waals surface area contributed by atoms with Gasteiger partial charge in [0.15, 0.2) is 0 Å². The lowest BCUT2D eigenvalue weighted by Crippen LogP contribution is -2.63. The Labute approximate surface area is 115 Å². The van der Waals surface area contributed by atoms with E-state index >= 15 is 0 Å². The van der Waals surface area contributed by atoms with Gasteiger partial charge in [-0.25, -0.2) is 4.98 Å². The molecule has 2 aliphatic heterocycles. The molecule has 2 atom stereocenters. The zero-order chi connectivity index (χ0) is 13.4. The largest absolute Gasteiger partial charge is 0.378 e. The predicted molar refractivity (Wildman–Crippen MR) is 76.6 cm³/mol. The lowest BCUT2D eigenvalue weighted by atomic mass is 10.0. The molecule has 0 unspecified atom stereocenters. The number of piperazine rings is 1. The number of rotatable bonds is 2. The Balaban J connectivity index is 1.72. The van der Waals surface area contributed by atoms with Crippen LogP contribution >= 0.6 is 0 Å². The van der Waals surface area contributed by atoms with Crippen LogP contribution in [0.4, 0.5) is 5.82 Å². The summed E-state index contributed by atoms with van der Waals surface area (Å²) in [5.41, 5.74) is 1.22. The highest BCUT2D eigenvalue weighted by molar-refractivity contribution is 5.41. The van der Waals surface area contributed by atoms with Crippen molar-refractivity contribution in [1.82, 2.24) is 9.88 Å². The minimum Gasteiger partial charge on any atom is -0.378 e. The van der Waals surface area contributed by atoms with E-state index in [-0.39, 0.29) is 0 Å². The van der Waals surface area contributed by atoms with E-state index in [4.69, 9.17) is 4.74 Å². The molecule has 0 saturated carbocycles. The molecule has 0 aromatic carbocycles. The smallest absolute Gasteiger partial charge is 0.128 e. The number of hydrogen-bond acceptors (Lipinski definition) is 4. The van der Waals surface area contributed by atoms with Gasteiger partial charge in [-0.2, -0.15) is 0 Å². The fraction of sp³-hybridized carbons (Fsp3) is 0.667. The molecule has 104 valence electrons. The Morgan fingerprint density at radius 1 is 1.16 bits per heavy atom. The second kappa shape index (κ2) is 5.10. The summed E-state index contributed by atoms with van der Waals surface area (Å²) in [6, 6.07) is 5.98. The molecule has 2 fully saturated rings. The number of ether oxygens (including phenoxy) is 1. The van der Waals surface area contributed by atoms with Gasteiger partial charge in [-0.15, -0.1) is 0 Å². The molecular weight excluding hydrogens is 238 g/mol. The first-order valence-electron chi connectivity index (χ1n) is 7.18. The summed E-state index contributed by atoms with van der Waals surface area (Å²) in [6.45, 7) is 10.6. The summed E-state index contributed by atoms with van der Waals surface area (Å²) < 4.78 is 5.33. The Hall–Kier alpha value is -1.13. The van der Waals surface area contributed by atoms with Crippen LogP contribution in [0.2, 0.25) is 0 Å². The van der Waals surface area contributed by atoms with E-state index in [1.54, 1.807) is 0 Å². The molecule has 0 spiro atoms. The minimum absolute atomic E-state index is 0.506. The van der Waals surface area contributed by atoms with E-state index in [1.807, 2.05) is 6.20 Å². The van der Waals surface area contributed by atoms with Gasteiger partial charge in [0.1, 0.15) is 5.82 Å². The third-order valence-electron chi connectivity index (χ3n) is 4.31. The van der Waals surface area contributed by atoms with E-state index in [9.17, 15) is 0 Å². The van der Waals surface area contributed by atoms with Crippen LogP contribution in [0.25, 0.3) is 0 Å². The third kappa shape index (κ3) is 2.47. The molecule has 4 nitrogen and oxygen atoms in total. The molecule has 0 radical (unpaired) electrons. The number of aromatic nitrogens is 1. The second-order valence-electron chi connectivity index (χ2n) is 5.93. The van der Waals surface area contributed by atoms with E-state index < -0.39 is 0 Å². The van der Waals surface area contributed by atoms with Gasteiger partial charge in [-0.1, -0.05) is 6.07 Å². The van der Waals surface area contributed by atoms with Crippen LogP contribution in [0.15, 0.2) is 18.3 Å². The zero-order valence-corrected chi connectivity index (χ0v) is 12.0. The maximum Gasteiger partial charge on any atom is 0.128 e. The average Bonchev–Trinajstić information content (AvgIpc) is 2.32. The molecule has 0 aliphatic carbocycles. The Kier molecular flexibility index (Phi) is 3.46. The highest BCUT2D eigenvalue weighted by Crippen LogP contribution is 2.25. The van der Waals surface area contributed by atoms with Crippen LogP contribution in [-0.2, 0) is 4.74 Å². The lowest BCUT2D eigenvalue weighted by molar-refractivity contribution is -0.0829. The summed E-state index contributed by atoms with van der Waals surface area (Å²) >= 11 is 0. The number of hydrogen-bond donors (Lipinski definition) is 0. The van der Waals surface area contributed by atoms with Gasteiger partial charge in [0.2, 0.25) is 0 Å². The molecule has 2 saturated heterocycles. The van der Waals surface area contributed by atoms with Crippen molar-refractivity contribution in [2.24, 2.45) is 0 Å². The molecule has 1 aromatic rings. The Bertz CT molecular complexity index is 430. The monoisotopic (exact) mass is 261 g/mol. The summed E-state index contributed by atoms with van der Waals surface area (Å²) in [7, 11) is 0. The van der Waals surface area contributed by atoms with Crippen molar-refractivity contribution in [2.45, 2.75) is 38.9 Å². The molecule has 2 aliphatic rings. The third-order valence-corrected chi connectivity index (χ3v) is 4.31. The Morgan fingerprint density at radius 2 is 1.95 bits per heavy atom. The molecular formula is C15H23N3O. The van der Waals surface area contributed by atoms with E-state index in [0.29, 0.717) is 18.1 Å². The van der Waals surface area contributed by atoms with Gasteiger partial charge < -0.3 is 9.64 Å². The quantitative estimate of drug-likeness (QED) is 0.810. The van der Waals surface area contributed by atoms with E-state index in [2.05, 4.69) is 47.7 Å². The summed E-state index contributed by atoms with van der Waals surface area (Å²) in [5.74, 6) is 1.11. The fourth-order valence-electron chi connectivity index (χ4n) is 3.03. The number of anilines is 1.